The van der Waals surface area contributed by atoms with Crippen LogP contribution in [0.2, 0.25) is 0 Å². The van der Waals surface area contributed by atoms with E-state index in [0.717, 1.165) is 17.4 Å². The van der Waals surface area contributed by atoms with Gasteiger partial charge in [-0.05, 0) is 61.6 Å². The standard InChI is InChI=1S/C34H34N4O7/c1-6-18-15(3)23-11-24-16(4)20(8-9-29(40)41)32(37-24)21(10-30(42)43)33-31(34(44)45)17(5)25(38-33)12-27-19(7-2)22(14-39)28(36-27)13-26(18)35-23/h6,11-14,16,20,37,39H,1,7-10H2,2-5H3,(H,40,41)(H,42,43)(H,44,45)/b22-14-,24-11?,25-12?,26-13?,32-21?/t16-,20-/m0/s1. The van der Waals surface area contributed by atoms with Gasteiger partial charge in [0.2, 0.25) is 0 Å². The Morgan fingerprint density at radius 2 is 1.69 bits per heavy atom. The van der Waals surface area contributed by atoms with Crippen LogP contribution < -0.4 is 5.32 Å². The molecular weight excluding hydrogens is 576 g/mol. The molecule has 0 aromatic heterocycles. The van der Waals surface area contributed by atoms with Crippen LogP contribution in [0.25, 0.3) is 0 Å². The minimum Gasteiger partial charge on any atom is -0.515 e. The van der Waals surface area contributed by atoms with Crippen molar-refractivity contribution in [3.63, 3.8) is 0 Å². The van der Waals surface area contributed by atoms with Gasteiger partial charge in [-0.25, -0.2) is 19.8 Å². The first-order chi connectivity index (χ1) is 21.4. The molecule has 5 aliphatic heterocycles. The predicted molar refractivity (Wildman–Crippen MR) is 170 cm³/mol. The van der Waals surface area contributed by atoms with Crippen LogP contribution >= 0.6 is 0 Å². The molecule has 0 aromatic carbocycles. The fraction of sp³-hybridized carbons (Fsp3) is 0.294. The van der Waals surface area contributed by atoms with E-state index >= 15 is 0 Å². The molecule has 1 fully saturated rings. The van der Waals surface area contributed by atoms with Crippen molar-refractivity contribution in [2.75, 3.05) is 0 Å². The number of aliphatic imine (C=N–C) groups is 3. The number of aliphatic hydroxyl groups excluding tert-OH is 1. The number of aliphatic hydroxyl groups is 1. The van der Waals surface area contributed by atoms with Crippen LogP contribution in [0.5, 0.6) is 0 Å². The molecule has 0 unspecified atom stereocenters. The zero-order valence-corrected chi connectivity index (χ0v) is 25.4. The SMILES string of the molecule is C=CC1=C(C)C2=NC1=CC1=NC(=C(CC)/C1=C/O)C=C1N=C(C(CC(=O)O)=C3NC(=C2)[C@@H](C)[C@@H]3CCC(=O)O)C(C(=O)O)=C1C. The van der Waals surface area contributed by atoms with E-state index in [9.17, 15) is 34.8 Å². The molecule has 0 aliphatic carbocycles. The molecule has 5 heterocycles. The maximum Gasteiger partial charge on any atom is 0.338 e. The number of aliphatic carboxylic acids is 3. The van der Waals surface area contributed by atoms with Gasteiger partial charge in [0.25, 0.3) is 0 Å². The molecule has 0 aromatic rings. The lowest BCUT2D eigenvalue weighted by atomic mass is 9.84. The lowest BCUT2D eigenvalue weighted by Crippen LogP contribution is -2.22. The van der Waals surface area contributed by atoms with Crippen molar-refractivity contribution < 1.29 is 34.8 Å². The number of rotatable bonds is 8. The summed E-state index contributed by atoms with van der Waals surface area (Å²) >= 11 is 0. The Hall–Kier alpha value is -5.32. The average molecular weight is 611 g/mol. The Kier molecular flexibility index (Phi) is 8.29. The fourth-order valence-electron chi connectivity index (χ4n) is 6.43. The van der Waals surface area contributed by atoms with Gasteiger partial charge in [0.15, 0.2) is 0 Å². The monoisotopic (exact) mass is 610 g/mol. The molecule has 232 valence electrons. The number of hydrogen-bond acceptors (Lipinski definition) is 8. The number of carboxylic acid groups (broad SMARTS) is 3. The van der Waals surface area contributed by atoms with Crippen molar-refractivity contribution in [2.24, 2.45) is 26.8 Å². The molecule has 45 heavy (non-hydrogen) atoms. The molecule has 5 rings (SSSR count). The second-order valence-electron chi connectivity index (χ2n) is 11.3. The smallest absolute Gasteiger partial charge is 0.338 e. The predicted octanol–water partition coefficient (Wildman–Crippen LogP) is 5.47. The zero-order valence-electron chi connectivity index (χ0n) is 25.4. The lowest BCUT2D eigenvalue weighted by molar-refractivity contribution is -0.138. The van der Waals surface area contributed by atoms with E-state index < -0.39 is 30.2 Å². The zero-order chi connectivity index (χ0) is 32.7. The highest BCUT2D eigenvalue weighted by Gasteiger charge is 2.39. The van der Waals surface area contributed by atoms with E-state index in [2.05, 4.69) is 11.9 Å². The second-order valence-corrected chi connectivity index (χ2v) is 11.3. The summed E-state index contributed by atoms with van der Waals surface area (Å²) in [5.74, 6) is -4.21. The maximum atomic E-state index is 12.7. The minimum atomic E-state index is -1.27. The van der Waals surface area contributed by atoms with Gasteiger partial charge in [-0.15, -0.1) is 0 Å². The summed E-state index contributed by atoms with van der Waals surface area (Å²) in [4.78, 5) is 50.9. The molecule has 2 atom stereocenters. The molecule has 0 spiro atoms. The van der Waals surface area contributed by atoms with E-state index in [1.807, 2.05) is 26.8 Å². The van der Waals surface area contributed by atoms with Crippen LogP contribution in [0.4, 0.5) is 0 Å². The normalized spacial score (nSPS) is 23.5. The summed E-state index contributed by atoms with van der Waals surface area (Å²) < 4.78 is 0. The molecule has 0 saturated carbocycles. The van der Waals surface area contributed by atoms with E-state index in [1.54, 1.807) is 25.2 Å². The number of carboxylic acids is 3. The van der Waals surface area contributed by atoms with Crippen molar-refractivity contribution in [3.05, 3.63) is 105 Å². The third-order valence-electron chi connectivity index (χ3n) is 8.78. The summed E-state index contributed by atoms with van der Waals surface area (Å²) in [5, 5.41) is 43.5. The highest BCUT2D eigenvalue weighted by Crippen LogP contribution is 2.42. The Bertz CT molecular complexity index is 1820. The summed E-state index contributed by atoms with van der Waals surface area (Å²) in [5.41, 5.74) is 6.73. The Labute approximate surface area is 259 Å². The highest BCUT2D eigenvalue weighted by atomic mass is 16.4. The number of hydrogen-bond donors (Lipinski definition) is 5. The highest BCUT2D eigenvalue weighted by molar-refractivity contribution is 6.30. The first-order valence-electron chi connectivity index (χ1n) is 14.6. The molecule has 1 saturated heterocycles. The number of fused-ring (bicyclic) bond motifs is 5. The fourth-order valence-corrected chi connectivity index (χ4v) is 6.43. The first kappa shape index (κ1) is 31.1. The van der Waals surface area contributed by atoms with Crippen LogP contribution in [0.15, 0.2) is 120 Å². The number of nitrogens with one attached hydrogen (secondary N) is 1. The van der Waals surface area contributed by atoms with Crippen LogP contribution in [-0.4, -0.2) is 55.5 Å². The van der Waals surface area contributed by atoms with Gasteiger partial charge in [-0.2, -0.15) is 0 Å². The summed E-state index contributed by atoms with van der Waals surface area (Å²) in [7, 11) is 0. The molecular formula is C34H34N4O7. The van der Waals surface area contributed by atoms with Crippen LogP contribution in [0, 0.1) is 11.8 Å². The van der Waals surface area contributed by atoms with E-state index in [4.69, 9.17) is 15.0 Å². The van der Waals surface area contributed by atoms with Crippen molar-refractivity contribution in [1.82, 2.24) is 5.32 Å². The minimum absolute atomic E-state index is 0.00111. The Morgan fingerprint density at radius 3 is 2.29 bits per heavy atom. The number of carbonyl (C=O) groups is 3. The molecule has 8 bridgehead atoms. The van der Waals surface area contributed by atoms with Gasteiger partial charge < -0.3 is 25.7 Å². The molecule has 5 N–H and O–H groups in total. The van der Waals surface area contributed by atoms with Crippen molar-refractivity contribution in [2.45, 2.75) is 53.4 Å². The topological polar surface area (TPSA) is 181 Å². The van der Waals surface area contributed by atoms with Gasteiger partial charge in [0.05, 0.1) is 52.5 Å². The van der Waals surface area contributed by atoms with E-state index in [0.29, 0.717) is 63.0 Å². The van der Waals surface area contributed by atoms with E-state index in [1.165, 1.54) is 0 Å². The second kappa shape index (κ2) is 12.0. The summed E-state index contributed by atoms with van der Waals surface area (Å²) in [6, 6.07) is 0. The number of nitrogens with zero attached hydrogens (tertiary/aromatic N) is 3. The van der Waals surface area contributed by atoms with Crippen LogP contribution in [0.1, 0.15) is 53.4 Å². The Morgan fingerprint density at radius 1 is 0.956 bits per heavy atom. The molecule has 5 aliphatic rings. The van der Waals surface area contributed by atoms with Gasteiger partial charge in [0, 0.05) is 46.4 Å². The molecule has 0 amide bonds. The molecule has 0 radical (unpaired) electrons. The van der Waals surface area contributed by atoms with Gasteiger partial charge >= 0.3 is 17.9 Å². The van der Waals surface area contributed by atoms with Crippen molar-refractivity contribution >= 4 is 35.0 Å². The third kappa shape index (κ3) is 5.45. The molecule has 11 heteroatoms. The first-order valence-corrected chi connectivity index (χ1v) is 14.6. The molecule has 11 nitrogen and oxygen atoms in total. The van der Waals surface area contributed by atoms with Gasteiger partial charge in [-0.1, -0.05) is 26.5 Å². The van der Waals surface area contributed by atoms with E-state index in [-0.39, 0.29) is 35.6 Å². The summed E-state index contributed by atoms with van der Waals surface area (Å²) in [6.07, 6.45) is 7.92. The number of allylic oxidation sites excluding steroid dienone is 10. The maximum absolute atomic E-state index is 12.7. The van der Waals surface area contributed by atoms with Gasteiger partial charge in [0.1, 0.15) is 0 Å². The largest absolute Gasteiger partial charge is 0.515 e. The quantitative estimate of drug-likeness (QED) is 0.224. The van der Waals surface area contributed by atoms with Gasteiger partial charge in [-0.3, -0.25) is 9.59 Å². The third-order valence-corrected chi connectivity index (χ3v) is 8.78. The van der Waals surface area contributed by atoms with Crippen molar-refractivity contribution in [3.8, 4) is 0 Å². The van der Waals surface area contributed by atoms with Crippen LogP contribution in [0.3, 0.4) is 0 Å². The summed E-state index contributed by atoms with van der Waals surface area (Å²) in [6.45, 7) is 11.3. The Balaban J connectivity index is 1.88. The van der Waals surface area contributed by atoms with Crippen molar-refractivity contribution in [1.29, 1.82) is 0 Å². The average Bonchev–Trinajstić information content (AvgIpc) is 3.67. The lowest BCUT2D eigenvalue weighted by Gasteiger charge is -2.18. The van der Waals surface area contributed by atoms with Crippen LogP contribution in [-0.2, 0) is 14.4 Å².